The minimum atomic E-state index is -0.612. The third kappa shape index (κ3) is 2.77. The van der Waals surface area contributed by atoms with Crippen molar-refractivity contribution in [3.8, 4) is 22.6 Å². The van der Waals surface area contributed by atoms with Crippen LogP contribution in [0.25, 0.3) is 11.1 Å². The summed E-state index contributed by atoms with van der Waals surface area (Å²) < 4.78 is 33.7. The second kappa shape index (κ2) is 5.75. The molecule has 0 fully saturated rings. The highest BCUT2D eigenvalue weighted by atomic mass is 19.1. The number of rotatable bonds is 3. The number of halogens is 2. The molecule has 0 radical (unpaired) electrons. The molecule has 0 aliphatic heterocycles. The second-order valence-electron chi connectivity index (χ2n) is 4.51. The van der Waals surface area contributed by atoms with E-state index in [4.69, 9.17) is 4.74 Å². The van der Waals surface area contributed by atoms with E-state index in [1.165, 1.54) is 18.2 Å². The molecule has 0 amide bonds. The highest BCUT2D eigenvalue weighted by molar-refractivity contribution is 5.71. The number of ether oxygens (including phenoxy) is 1. The Morgan fingerprint density at radius 1 is 0.619 bits per heavy atom. The van der Waals surface area contributed by atoms with Gasteiger partial charge in [-0.25, -0.2) is 8.78 Å². The molecule has 0 atom stereocenters. The first kappa shape index (κ1) is 13.3. The smallest absolute Gasteiger partial charge is 0.135 e. The van der Waals surface area contributed by atoms with Crippen molar-refractivity contribution >= 4 is 0 Å². The average Bonchev–Trinajstić information content (AvgIpc) is 2.50. The van der Waals surface area contributed by atoms with Gasteiger partial charge in [0.05, 0.1) is 5.56 Å². The Hall–Kier alpha value is -2.68. The predicted molar refractivity (Wildman–Crippen MR) is 78.3 cm³/mol. The molecule has 3 aromatic carbocycles. The summed E-state index contributed by atoms with van der Waals surface area (Å²) in [7, 11) is 0. The summed E-state index contributed by atoms with van der Waals surface area (Å²) in [6.45, 7) is 0. The first-order valence-electron chi connectivity index (χ1n) is 6.52. The van der Waals surface area contributed by atoms with Crippen LogP contribution in [0.1, 0.15) is 0 Å². The summed E-state index contributed by atoms with van der Waals surface area (Å²) >= 11 is 0. The maximum Gasteiger partial charge on any atom is 0.135 e. The van der Waals surface area contributed by atoms with Gasteiger partial charge < -0.3 is 4.74 Å². The Labute approximate surface area is 121 Å². The van der Waals surface area contributed by atoms with Crippen molar-refractivity contribution < 1.29 is 13.5 Å². The van der Waals surface area contributed by atoms with Gasteiger partial charge in [-0.3, -0.25) is 0 Å². The number of hydrogen-bond acceptors (Lipinski definition) is 1. The normalized spacial score (nSPS) is 10.4. The van der Waals surface area contributed by atoms with E-state index >= 15 is 0 Å². The molecule has 3 aromatic rings. The fraction of sp³-hybridized carbons (Fsp3) is 0. The molecule has 0 saturated carbocycles. The highest BCUT2D eigenvalue weighted by Gasteiger charge is 2.15. The monoisotopic (exact) mass is 282 g/mol. The van der Waals surface area contributed by atoms with Gasteiger partial charge in [0.2, 0.25) is 0 Å². The van der Waals surface area contributed by atoms with Gasteiger partial charge in [0.15, 0.2) is 0 Å². The van der Waals surface area contributed by atoms with E-state index in [0.29, 0.717) is 17.1 Å². The first-order chi connectivity index (χ1) is 10.3. The Balaban J connectivity index is 2.08. The Kier molecular flexibility index (Phi) is 3.65. The van der Waals surface area contributed by atoms with Gasteiger partial charge in [-0.1, -0.05) is 42.5 Å². The van der Waals surface area contributed by atoms with Crippen LogP contribution in [0, 0.1) is 11.6 Å². The van der Waals surface area contributed by atoms with Crippen LogP contribution in [0.3, 0.4) is 0 Å². The van der Waals surface area contributed by atoms with Gasteiger partial charge in [0, 0.05) is 5.56 Å². The van der Waals surface area contributed by atoms with Crippen molar-refractivity contribution in [3.05, 3.63) is 84.4 Å². The lowest BCUT2D eigenvalue weighted by Gasteiger charge is -2.12. The zero-order chi connectivity index (χ0) is 14.7. The Bertz CT molecular complexity index is 734. The van der Waals surface area contributed by atoms with E-state index in [2.05, 4.69) is 0 Å². The molecule has 0 saturated heterocycles. The molecule has 0 heterocycles. The zero-order valence-corrected chi connectivity index (χ0v) is 11.1. The van der Waals surface area contributed by atoms with Crippen molar-refractivity contribution in [3.63, 3.8) is 0 Å². The molecule has 0 N–H and O–H groups in total. The van der Waals surface area contributed by atoms with Gasteiger partial charge in [-0.15, -0.1) is 0 Å². The lowest BCUT2D eigenvalue weighted by Crippen LogP contribution is -1.93. The summed E-state index contributed by atoms with van der Waals surface area (Å²) in [5, 5.41) is 0. The van der Waals surface area contributed by atoms with Crippen LogP contribution in [-0.4, -0.2) is 0 Å². The number of hydrogen-bond donors (Lipinski definition) is 0. The van der Waals surface area contributed by atoms with Gasteiger partial charge in [0.1, 0.15) is 23.1 Å². The minimum Gasteiger partial charge on any atom is -0.457 e. The van der Waals surface area contributed by atoms with Crippen molar-refractivity contribution in [2.24, 2.45) is 0 Å². The molecular weight excluding hydrogens is 270 g/mol. The number of para-hydroxylation sites is 2. The summed E-state index contributed by atoms with van der Waals surface area (Å²) in [6.07, 6.45) is 0. The third-order valence-electron chi connectivity index (χ3n) is 3.09. The zero-order valence-electron chi connectivity index (χ0n) is 11.1. The standard InChI is InChI=1S/C18H12F2O/c19-15-10-6-11-16(20)18(15)14-9-4-5-12-17(14)21-13-7-2-1-3-8-13/h1-12H. The van der Waals surface area contributed by atoms with Crippen LogP contribution in [0.2, 0.25) is 0 Å². The maximum atomic E-state index is 14.0. The quantitative estimate of drug-likeness (QED) is 0.623. The third-order valence-corrected chi connectivity index (χ3v) is 3.09. The summed E-state index contributed by atoms with van der Waals surface area (Å²) in [5.74, 6) is -0.201. The Morgan fingerprint density at radius 3 is 1.95 bits per heavy atom. The molecular formula is C18H12F2O. The molecule has 1 nitrogen and oxygen atoms in total. The van der Waals surface area contributed by atoms with Gasteiger partial charge in [-0.05, 0) is 30.3 Å². The summed E-state index contributed by atoms with van der Waals surface area (Å²) in [4.78, 5) is 0. The van der Waals surface area contributed by atoms with Crippen molar-refractivity contribution in [1.29, 1.82) is 0 Å². The molecule has 21 heavy (non-hydrogen) atoms. The van der Waals surface area contributed by atoms with E-state index in [0.717, 1.165) is 0 Å². The highest BCUT2D eigenvalue weighted by Crippen LogP contribution is 2.35. The molecule has 0 spiro atoms. The summed E-state index contributed by atoms with van der Waals surface area (Å²) in [5.41, 5.74) is 0.306. The fourth-order valence-electron chi connectivity index (χ4n) is 2.13. The van der Waals surface area contributed by atoms with Crippen molar-refractivity contribution in [2.75, 3.05) is 0 Å². The first-order valence-corrected chi connectivity index (χ1v) is 6.52. The Morgan fingerprint density at radius 2 is 1.24 bits per heavy atom. The molecule has 0 unspecified atom stereocenters. The number of benzene rings is 3. The van der Waals surface area contributed by atoms with Crippen LogP contribution >= 0.6 is 0 Å². The second-order valence-corrected chi connectivity index (χ2v) is 4.51. The topological polar surface area (TPSA) is 9.23 Å². The molecule has 3 heteroatoms. The lowest BCUT2D eigenvalue weighted by molar-refractivity contribution is 0.483. The maximum absolute atomic E-state index is 14.0. The minimum absolute atomic E-state index is 0.0796. The van der Waals surface area contributed by atoms with Gasteiger partial charge in [-0.2, -0.15) is 0 Å². The van der Waals surface area contributed by atoms with E-state index in [1.807, 2.05) is 18.2 Å². The van der Waals surface area contributed by atoms with Crippen molar-refractivity contribution in [2.45, 2.75) is 0 Å². The van der Waals surface area contributed by atoms with Crippen molar-refractivity contribution in [1.82, 2.24) is 0 Å². The predicted octanol–water partition coefficient (Wildman–Crippen LogP) is 5.42. The van der Waals surface area contributed by atoms with Gasteiger partial charge >= 0.3 is 0 Å². The van der Waals surface area contributed by atoms with E-state index in [1.54, 1.807) is 36.4 Å². The van der Waals surface area contributed by atoms with E-state index in [-0.39, 0.29) is 5.56 Å². The van der Waals surface area contributed by atoms with Gasteiger partial charge in [0.25, 0.3) is 0 Å². The lowest BCUT2D eigenvalue weighted by atomic mass is 10.0. The average molecular weight is 282 g/mol. The molecule has 0 aliphatic carbocycles. The van der Waals surface area contributed by atoms with Crippen LogP contribution in [0.15, 0.2) is 72.8 Å². The van der Waals surface area contributed by atoms with Crippen LogP contribution in [-0.2, 0) is 0 Å². The summed E-state index contributed by atoms with van der Waals surface area (Å²) in [6, 6.07) is 19.7. The SMILES string of the molecule is Fc1cccc(F)c1-c1ccccc1Oc1ccccc1. The van der Waals surface area contributed by atoms with Crippen LogP contribution < -0.4 is 4.74 Å². The van der Waals surface area contributed by atoms with E-state index < -0.39 is 11.6 Å². The molecule has 3 rings (SSSR count). The van der Waals surface area contributed by atoms with Crippen LogP contribution in [0.5, 0.6) is 11.5 Å². The largest absolute Gasteiger partial charge is 0.457 e. The van der Waals surface area contributed by atoms with Crippen LogP contribution in [0.4, 0.5) is 8.78 Å². The molecule has 0 aromatic heterocycles. The van der Waals surface area contributed by atoms with E-state index in [9.17, 15) is 8.78 Å². The fourth-order valence-corrected chi connectivity index (χ4v) is 2.13. The molecule has 0 bridgehead atoms. The molecule has 0 aliphatic rings. The molecule has 104 valence electrons.